The van der Waals surface area contributed by atoms with Crippen LogP contribution in [0.15, 0.2) is 36.5 Å². The fourth-order valence-corrected chi connectivity index (χ4v) is 1.79. The Hall–Kier alpha value is -1.88. The van der Waals surface area contributed by atoms with Gasteiger partial charge in [0.05, 0.1) is 13.3 Å². The maximum Gasteiger partial charge on any atom is 0.349 e. The van der Waals surface area contributed by atoms with Crippen molar-refractivity contribution in [3.63, 3.8) is 0 Å². The number of aromatic nitrogens is 1. The second kappa shape index (κ2) is 4.76. The van der Waals surface area contributed by atoms with Gasteiger partial charge in [0.1, 0.15) is 10.6 Å². The molecule has 2 aromatic rings. The standard InChI is InChI=1S/C11H9NO3S/c1-14-10(13)9-7-12-11(16-9)15-8-5-3-2-4-6-8/h2-7H,1H3. The molecule has 5 heteroatoms. The normalized spacial score (nSPS) is 9.81. The number of benzene rings is 1. The number of rotatable bonds is 3. The molecule has 0 radical (unpaired) electrons. The fourth-order valence-electron chi connectivity index (χ4n) is 1.09. The van der Waals surface area contributed by atoms with Gasteiger partial charge in [-0.25, -0.2) is 9.78 Å². The van der Waals surface area contributed by atoms with Gasteiger partial charge in [-0.2, -0.15) is 0 Å². The molecule has 1 heterocycles. The number of nitrogens with zero attached hydrogens (tertiary/aromatic N) is 1. The topological polar surface area (TPSA) is 48.4 Å². The molecule has 0 atom stereocenters. The number of carbonyl (C=O) groups excluding carboxylic acids is 1. The minimum atomic E-state index is -0.402. The van der Waals surface area contributed by atoms with Crippen molar-refractivity contribution in [1.82, 2.24) is 4.98 Å². The van der Waals surface area contributed by atoms with E-state index in [1.807, 2.05) is 30.3 Å². The van der Waals surface area contributed by atoms with Crippen molar-refractivity contribution >= 4 is 17.3 Å². The number of thiazole rings is 1. The number of carbonyl (C=O) groups is 1. The molecule has 0 aliphatic heterocycles. The molecule has 0 unspecified atom stereocenters. The van der Waals surface area contributed by atoms with Gasteiger partial charge in [-0.1, -0.05) is 29.5 Å². The van der Waals surface area contributed by atoms with Crippen LogP contribution in [0.25, 0.3) is 0 Å². The molecule has 0 bridgehead atoms. The van der Waals surface area contributed by atoms with Gasteiger partial charge < -0.3 is 9.47 Å². The van der Waals surface area contributed by atoms with E-state index >= 15 is 0 Å². The van der Waals surface area contributed by atoms with E-state index < -0.39 is 5.97 Å². The van der Waals surface area contributed by atoms with E-state index in [9.17, 15) is 4.79 Å². The predicted octanol–water partition coefficient (Wildman–Crippen LogP) is 2.72. The van der Waals surface area contributed by atoms with Crippen LogP contribution in [0.3, 0.4) is 0 Å². The van der Waals surface area contributed by atoms with Crippen molar-refractivity contribution in [1.29, 1.82) is 0 Å². The molecule has 2 rings (SSSR count). The lowest BCUT2D eigenvalue weighted by Gasteiger charge is -1.99. The Morgan fingerprint density at radius 3 is 2.75 bits per heavy atom. The van der Waals surface area contributed by atoms with Crippen LogP contribution in [0.4, 0.5) is 0 Å². The Bertz CT molecular complexity index is 481. The smallest absolute Gasteiger partial charge is 0.349 e. The second-order valence-electron chi connectivity index (χ2n) is 2.90. The highest BCUT2D eigenvalue weighted by molar-refractivity contribution is 7.15. The van der Waals surface area contributed by atoms with Crippen molar-refractivity contribution < 1.29 is 14.3 Å². The molecule has 0 aliphatic rings. The first-order chi connectivity index (χ1) is 7.79. The lowest BCUT2D eigenvalue weighted by atomic mass is 10.3. The van der Waals surface area contributed by atoms with E-state index in [1.165, 1.54) is 13.3 Å². The zero-order valence-electron chi connectivity index (χ0n) is 8.54. The van der Waals surface area contributed by atoms with Crippen molar-refractivity contribution in [3.05, 3.63) is 41.4 Å². The highest BCUT2D eigenvalue weighted by atomic mass is 32.1. The van der Waals surface area contributed by atoms with Crippen LogP contribution in [0.2, 0.25) is 0 Å². The summed E-state index contributed by atoms with van der Waals surface area (Å²) < 4.78 is 10.0. The first-order valence-corrected chi connectivity index (χ1v) is 5.38. The van der Waals surface area contributed by atoms with E-state index in [0.29, 0.717) is 15.8 Å². The summed E-state index contributed by atoms with van der Waals surface area (Å²) in [6.07, 6.45) is 1.44. The van der Waals surface area contributed by atoms with Crippen molar-refractivity contribution in [2.75, 3.05) is 7.11 Å². The summed E-state index contributed by atoms with van der Waals surface area (Å²) in [7, 11) is 1.33. The van der Waals surface area contributed by atoms with E-state index in [1.54, 1.807) is 0 Å². The summed E-state index contributed by atoms with van der Waals surface area (Å²) in [4.78, 5) is 15.6. The van der Waals surface area contributed by atoms with E-state index in [-0.39, 0.29) is 0 Å². The van der Waals surface area contributed by atoms with Crippen LogP contribution in [0, 0.1) is 0 Å². The van der Waals surface area contributed by atoms with Gasteiger partial charge in [0.2, 0.25) is 0 Å². The van der Waals surface area contributed by atoms with Crippen LogP contribution in [0.5, 0.6) is 10.9 Å². The first-order valence-electron chi connectivity index (χ1n) is 4.56. The highest BCUT2D eigenvalue weighted by Crippen LogP contribution is 2.26. The third kappa shape index (κ3) is 2.38. The van der Waals surface area contributed by atoms with Gasteiger partial charge in [0, 0.05) is 0 Å². The summed E-state index contributed by atoms with van der Waals surface area (Å²) in [5, 5.41) is 0.423. The Morgan fingerprint density at radius 1 is 1.31 bits per heavy atom. The number of ether oxygens (including phenoxy) is 2. The SMILES string of the molecule is COC(=O)c1cnc(Oc2ccccc2)s1. The first kappa shape index (κ1) is 10.6. The largest absolute Gasteiger partial charge is 0.465 e. The summed E-state index contributed by atoms with van der Waals surface area (Å²) in [5.41, 5.74) is 0. The van der Waals surface area contributed by atoms with Crippen LogP contribution in [0.1, 0.15) is 9.67 Å². The summed E-state index contributed by atoms with van der Waals surface area (Å²) >= 11 is 1.15. The zero-order valence-corrected chi connectivity index (χ0v) is 9.36. The van der Waals surface area contributed by atoms with Gasteiger partial charge in [0.25, 0.3) is 5.19 Å². The zero-order chi connectivity index (χ0) is 11.4. The Morgan fingerprint density at radius 2 is 2.06 bits per heavy atom. The van der Waals surface area contributed by atoms with E-state index in [2.05, 4.69) is 9.72 Å². The van der Waals surface area contributed by atoms with Crippen LogP contribution in [-0.2, 0) is 4.74 Å². The van der Waals surface area contributed by atoms with Crippen molar-refractivity contribution in [2.24, 2.45) is 0 Å². The minimum absolute atomic E-state index is 0.402. The second-order valence-corrected chi connectivity index (χ2v) is 3.89. The molecule has 0 amide bonds. The quantitative estimate of drug-likeness (QED) is 0.767. The molecule has 0 saturated carbocycles. The Balaban J connectivity index is 2.12. The molecule has 0 saturated heterocycles. The lowest BCUT2D eigenvalue weighted by Crippen LogP contribution is -1.96. The Kier molecular flexibility index (Phi) is 3.16. The molecule has 0 aliphatic carbocycles. The molecule has 4 nitrogen and oxygen atoms in total. The van der Waals surface area contributed by atoms with E-state index in [4.69, 9.17) is 4.74 Å². The van der Waals surface area contributed by atoms with Gasteiger partial charge in [-0.05, 0) is 12.1 Å². The average molecular weight is 235 g/mol. The summed E-state index contributed by atoms with van der Waals surface area (Å²) in [5.74, 6) is 0.286. The number of hydrogen-bond acceptors (Lipinski definition) is 5. The molecule has 1 aromatic heterocycles. The van der Waals surface area contributed by atoms with E-state index in [0.717, 1.165) is 11.3 Å². The fraction of sp³-hybridized carbons (Fsp3) is 0.0909. The van der Waals surface area contributed by atoms with Crippen LogP contribution >= 0.6 is 11.3 Å². The predicted molar refractivity (Wildman–Crippen MR) is 60.0 cm³/mol. The maximum atomic E-state index is 11.2. The van der Waals surface area contributed by atoms with Crippen LogP contribution in [-0.4, -0.2) is 18.1 Å². The van der Waals surface area contributed by atoms with Gasteiger partial charge in [-0.15, -0.1) is 0 Å². The monoisotopic (exact) mass is 235 g/mol. The van der Waals surface area contributed by atoms with Crippen molar-refractivity contribution in [2.45, 2.75) is 0 Å². The summed E-state index contributed by atoms with van der Waals surface area (Å²) in [6, 6.07) is 9.27. The molecular weight excluding hydrogens is 226 g/mol. The number of methoxy groups -OCH3 is 1. The third-order valence-corrected chi connectivity index (χ3v) is 2.67. The molecule has 0 fully saturated rings. The number of esters is 1. The molecule has 16 heavy (non-hydrogen) atoms. The third-order valence-electron chi connectivity index (χ3n) is 1.82. The Labute approximate surface area is 96.5 Å². The lowest BCUT2D eigenvalue weighted by molar-refractivity contribution is 0.0606. The van der Waals surface area contributed by atoms with Crippen molar-refractivity contribution in [3.8, 4) is 10.9 Å². The van der Waals surface area contributed by atoms with Crippen LogP contribution < -0.4 is 4.74 Å². The molecule has 82 valence electrons. The summed E-state index contributed by atoms with van der Waals surface area (Å²) in [6.45, 7) is 0. The highest BCUT2D eigenvalue weighted by Gasteiger charge is 2.11. The van der Waals surface area contributed by atoms with Gasteiger partial charge in [0.15, 0.2) is 0 Å². The number of hydrogen-bond donors (Lipinski definition) is 0. The van der Waals surface area contributed by atoms with Gasteiger partial charge in [-0.3, -0.25) is 0 Å². The molecule has 0 N–H and O–H groups in total. The maximum absolute atomic E-state index is 11.2. The minimum Gasteiger partial charge on any atom is -0.465 e. The molecular formula is C11H9NO3S. The average Bonchev–Trinajstić information content (AvgIpc) is 2.78. The van der Waals surface area contributed by atoms with Gasteiger partial charge >= 0.3 is 5.97 Å². The molecule has 0 spiro atoms. The number of para-hydroxylation sites is 1. The molecule has 1 aromatic carbocycles.